The summed E-state index contributed by atoms with van der Waals surface area (Å²) in [7, 11) is -3.83. The largest absolute Gasteiger partial charge is 0.352 e. The molecule has 2 N–H and O–H groups in total. The number of nitrogens with zero attached hydrogens (tertiary/aromatic N) is 1. The molecule has 1 saturated heterocycles. The predicted molar refractivity (Wildman–Crippen MR) is 120 cm³/mol. The number of para-hydroxylation sites is 1. The van der Waals surface area contributed by atoms with Crippen molar-refractivity contribution in [3.63, 3.8) is 0 Å². The van der Waals surface area contributed by atoms with Crippen LogP contribution in [-0.4, -0.2) is 44.2 Å². The van der Waals surface area contributed by atoms with Crippen molar-refractivity contribution in [3.05, 3.63) is 59.9 Å². The van der Waals surface area contributed by atoms with Gasteiger partial charge in [-0.25, -0.2) is 12.8 Å². The fraction of sp³-hybridized carbons (Fsp3) is 0.391. The molecule has 1 aliphatic heterocycles. The van der Waals surface area contributed by atoms with Crippen molar-refractivity contribution in [2.24, 2.45) is 11.8 Å². The highest BCUT2D eigenvalue weighted by Crippen LogP contribution is 2.25. The topological polar surface area (TPSA) is 95.6 Å². The number of halogens is 1. The minimum atomic E-state index is -3.83. The van der Waals surface area contributed by atoms with Gasteiger partial charge in [0.25, 0.3) is 5.91 Å². The molecule has 3 rings (SSSR count). The van der Waals surface area contributed by atoms with E-state index in [1.54, 1.807) is 24.3 Å². The van der Waals surface area contributed by atoms with Crippen LogP contribution in [0.25, 0.3) is 0 Å². The highest BCUT2D eigenvalue weighted by atomic mass is 32.2. The lowest BCUT2D eigenvalue weighted by atomic mass is 9.98. The Balaban J connectivity index is 1.71. The van der Waals surface area contributed by atoms with Crippen LogP contribution in [0.1, 0.15) is 37.0 Å². The van der Waals surface area contributed by atoms with Crippen LogP contribution in [0, 0.1) is 17.7 Å². The number of amides is 2. The molecule has 1 atom stereocenters. The molecule has 2 aromatic carbocycles. The van der Waals surface area contributed by atoms with Gasteiger partial charge in [0.15, 0.2) is 0 Å². The lowest BCUT2D eigenvalue weighted by Gasteiger charge is -2.31. The summed E-state index contributed by atoms with van der Waals surface area (Å²) >= 11 is 0. The van der Waals surface area contributed by atoms with Crippen LogP contribution in [0.5, 0.6) is 0 Å². The van der Waals surface area contributed by atoms with Crippen molar-refractivity contribution in [2.45, 2.75) is 31.6 Å². The van der Waals surface area contributed by atoms with Crippen molar-refractivity contribution in [1.82, 2.24) is 9.62 Å². The van der Waals surface area contributed by atoms with E-state index in [4.69, 9.17) is 0 Å². The van der Waals surface area contributed by atoms with Crippen LogP contribution < -0.4 is 10.6 Å². The minimum absolute atomic E-state index is 0.00729. The van der Waals surface area contributed by atoms with Gasteiger partial charge in [-0.3, -0.25) is 9.59 Å². The van der Waals surface area contributed by atoms with Crippen LogP contribution >= 0.6 is 0 Å². The Bertz CT molecular complexity index is 1070. The van der Waals surface area contributed by atoms with Crippen LogP contribution in [0.3, 0.4) is 0 Å². The second-order valence-electron chi connectivity index (χ2n) is 8.29. The van der Waals surface area contributed by atoms with E-state index in [1.165, 1.54) is 16.4 Å². The van der Waals surface area contributed by atoms with E-state index in [2.05, 4.69) is 10.6 Å². The van der Waals surface area contributed by atoms with Gasteiger partial charge in [-0.15, -0.1) is 0 Å². The minimum Gasteiger partial charge on any atom is -0.352 e. The van der Waals surface area contributed by atoms with Gasteiger partial charge in [0, 0.05) is 19.6 Å². The molecule has 0 bridgehead atoms. The normalized spacial score (nSPS) is 17.2. The third-order valence-electron chi connectivity index (χ3n) is 5.31. The highest BCUT2D eigenvalue weighted by molar-refractivity contribution is 7.89. The van der Waals surface area contributed by atoms with E-state index in [0.717, 1.165) is 12.1 Å². The number of anilines is 1. The molecule has 9 heteroatoms. The number of carbonyl (C=O) groups is 2. The Morgan fingerprint density at radius 1 is 1.12 bits per heavy atom. The number of nitrogens with one attached hydrogen (secondary N) is 2. The van der Waals surface area contributed by atoms with Gasteiger partial charge in [0.05, 0.1) is 22.1 Å². The zero-order chi connectivity index (χ0) is 23.3. The van der Waals surface area contributed by atoms with Crippen LogP contribution in [0.2, 0.25) is 0 Å². The lowest BCUT2D eigenvalue weighted by Crippen LogP contribution is -2.43. The van der Waals surface area contributed by atoms with Gasteiger partial charge >= 0.3 is 0 Å². The zero-order valence-electron chi connectivity index (χ0n) is 18.2. The smallest absolute Gasteiger partial charge is 0.253 e. The standard InChI is InChI=1S/C23H28FN3O4S/c1-16(2)14-25-23(29)20-7-3-4-8-21(20)26-22(28)17-6-5-13-27(15-17)32(30,31)19-11-9-18(24)10-12-19/h3-4,7-12,16-17H,5-6,13-15H2,1-2H3,(H,25,29)(H,26,28)/t17-/m1/s1. The van der Waals surface area contributed by atoms with E-state index in [9.17, 15) is 22.4 Å². The Labute approximate surface area is 188 Å². The fourth-order valence-corrected chi connectivity index (χ4v) is 5.07. The third-order valence-corrected chi connectivity index (χ3v) is 7.19. The Hall–Kier alpha value is -2.78. The molecular formula is C23H28FN3O4S. The van der Waals surface area contributed by atoms with Crippen molar-refractivity contribution in [2.75, 3.05) is 25.0 Å². The quantitative estimate of drug-likeness (QED) is 0.662. The molecular weight excluding hydrogens is 433 g/mol. The molecule has 0 aliphatic carbocycles. The van der Waals surface area contributed by atoms with Gasteiger partial charge in [0.2, 0.25) is 15.9 Å². The average Bonchev–Trinajstić information content (AvgIpc) is 2.78. The van der Waals surface area contributed by atoms with Crippen LogP contribution in [0.15, 0.2) is 53.4 Å². The first-order valence-electron chi connectivity index (χ1n) is 10.6. The molecule has 32 heavy (non-hydrogen) atoms. The molecule has 1 heterocycles. The van der Waals surface area contributed by atoms with Crippen molar-refractivity contribution < 1.29 is 22.4 Å². The average molecular weight is 462 g/mol. The van der Waals surface area contributed by atoms with E-state index in [1.807, 2.05) is 13.8 Å². The van der Waals surface area contributed by atoms with E-state index >= 15 is 0 Å². The molecule has 2 amide bonds. The monoisotopic (exact) mass is 461 g/mol. The molecule has 0 unspecified atom stereocenters. The summed E-state index contributed by atoms with van der Waals surface area (Å²) in [6.45, 7) is 4.80. The SMILES string of the molecule is CC(C)CNC(=O)c1ccccc1NC(=O)[C@@H]1CCCN(S(=O)(=O)c2ccc(F)cc2)C1. The van der Waals surface area contributed by atoms with Crippen LogP contribution in [0.4, 0.5) is 10.1 Å². The number of rotatable bonds is 7. The number of hydrogen-bond donors (Lipinski definition) is 2. The van der Waals surface area contributed by atoms with Gasteiger partial charge in [-0.2, -0.15) is 4.31 Å². The Morgan fingerprint density at radius 3 is 2.50 bits per heavy atom. The van der Waals surface area contributed by atoms with Crippen molar-refractivity contribution in [1.29, 1.82) is 0 Å². The first-order chi connectivity index (χ1) is 15.2. The lowest BCUT2D eigenvalue weighted by molar-refractivity contribution is -0.120. The van der Waals surface area contributed by atoms with Crippen molar-refractivity contribution >= 4 is 27.5 Å². The number of benzene rings is 2. The predicted octanol–water partition coefficient (Wildman–Crippen LogP) is 3.25. The summed E-state index contributed by atoms with van der Waals surface area (Å²) < 4.78 is 40.3. The van der Waals surface area contributed by atoms with E-state index in [0.29, 0.717) is 30.6 Å². The Morgan fingerprint density at radius 2 is 1.81 bits per heavy atom. The summed E-state index contributed by atoms with van der Waals surface area (Å²) in [4.78, 5) is 25.5. The first kappa shape index (κ1) is 23.9. The van der Waals surface area contributed by atoms with Crippen LogP contribution in [-0.2, 0) is 14.8 Å². The number of sulfonamides is 1. The second-order valence-corrected chi connectivity index (χ2v) is 10.2. The molecule has 172 valence electrons. The van der Waals surface area contributed by atoms with Gasteiger partial charge in [-0.05, 0) is 55.2 Å². The highest BCUT2D eigenvalue weighted by Gasteiger charge is 2.33. The Kier molecular flexibility index (Phi) is 7.63. The third kappa shape index (κ3) is 5.72. The number of hydrogen-bond acceptors (Lipinski definition) is 4. The first-order valence-corrected chi connectivity index (χ1v) is 12.1. The van der Waals surface area contributed by atoms with Gasteiger partial charge < -0.3 is 10.6 Å². The maximum absolute atomic E-state index is 13.2. The zero-order valence-corrected chi connectivity index (χ0v) is 19.0. The van der Waals surface area contributed by atoms with Crippen molar-refractivity contribution in [3.8, 4) is 0 Å². The molecule has 0 aromatic heterocycles. The molecule has 0 radical (unpaired) electrons. The molecule has 1 aliphatic rings. The summed E-state index contributed by atoms with van der Waals surface area (Å²) in [5.74, 6) is -1.41. The molecule has 0 saturated carbocycles. The molecule has 0 spiro atoms. The van der Waals surface area contributed by atoms with E-state index < -0.39 is 21.8 Å². The van der Waals surface area contributed by atoms with E-state index in [-0.39, 0.29) is 35.7 Å². The summed E-state index contributed by atoms with van der Waals surface area (Å²) in [6.07, 6.45) is 1.05. The molecule has 1 fully saturated rings. The second kappa shape index (κ2) is 10.2. The van der Waals surface area contributed by atoms with Gasteiger partial charge in [-0.1, -0.05) is 26.0 Å². The summed E-state index contributed by atoms with van der Waals surface area (Å²) in [6, 6.07) is 11.4. The maximum atomic E-state index is 13.2. The maximum Gasteiger partial charge on any atom is 0.253 e. The summed E-state index contributed by atoms with van der Waals surface area (Å²) in [5.41, 5.74) is 0.741. The van der Waals surface area contributed by atoms with Gasteiger partial charge in [0.1, 0.15) is 5.82 Å². The molecule has 2 aromatic rings. The fourth-order valence-electron chi connectivity index (χ4n) is 3.55. The number of carbonyl (C=O) groups excluding carboxylic acids is 2. The summed E-state index contributed by atoms with van der Waals surface area (Å²) in [5, 5.41) is 5.63. The molecule has 7 nitrogen and oxygen atoms in total. The number of piperidine rings is 1.